The molecule has 0 aromatic heterocycles. The predicted octanol–water partition coefficient (Wildman–Crippen LogP) is 1.96. The second-order valence-corrected chi connectivity index (χ2v) is 5.29. The van der Waals surface area contributed by atoms with Gasteiger partial charge in [0, 0.05) is 32.2 Å². The Balaban J connectivity index is 0.00000180. The van der Waals surface area contributed by atoms with E-state index in [1.807, 2.05) is 0 Å². The highest BCUT2D eigenvalue weighted by Gasteiger charge is 2.22. The first kappa shape index (κ1) is 16.4. The molecular formula is C15H26ClN3. The fraction of sp³-hybridized carbons (Fsp3) is 0.600. The Kier molecular flexibility index (Phi) is 7.39. The van der Waals surface area contributed by atoms with E-state index in [-0.39, 0.29) is 12.4 Å². The normalized spacial score (nSPS) is 20.3. The van der Waals surface area contributed by atoms with Gasteiger partial charge in [-0.2, -0.15) is 0 Å². The first-order valence-electron chi connectivity index (χ1n) is 6.96. The Morgan fingerprint density at radius 2 is 2.05 bits per heavy atom. The van der Waals surface area contributed by atoms with Crippen LogP contribution < -0.4 is 5.73 Å². The minimum absolute atomic E-state index is 0. The lowest BCUT2D eigenvalue weighted by atomic mass is 10.0. The number of likely N-dealkylation sites (N-methyl/N-ethyl adjacent to an activating group) is 1. The summed E-state index contributed by atoms with van der Waals surface area (Å²) in [4.78, 5) is 4.98. The molecule has 1 fully saturated rings. The van der Waals surface area contributed by atoms with Crippen LogP contribution in [-0.4, -0.2) is 49.1 Å². The smallest absolute Gasteiger partial charge is 0.0234 e. The van der Waals surface area contributed by atoms with E-state index in [0.717, 1.165) is 19.6 Å². The van der Waals surface area contributed by atoms with Crippen LogP contribution in [0.25, 0.3) is 0 Å². The van der Waals surface area contributed by atoms with Crippen molar-refractivity contribution in [2.24, 2.45) is 5.73 Å². The Morgan fingerprint density at radius 3 is 2.74 bits per heavy atom. The monoisotopic (exact) mass is 283 g/mol. The SMILES string of the molecule is CN(CCN)C1CCCN(Cc2ccccc2)C1.Cl. The summed E-state index contributed by atoms with van der Waals surface area (Å²) in [5, 5.41) is 0. The zero-order chi connectivity index (χ0) is 12.8. The fourth-order valence-electron chi connectivity index (χ4n) is 2.76. The summed E-state index contributed by atoms with van der Waals surface area (Å²) in [5.74, 6) is 0. The molecule has 1 atom stereocenters. The van der Waals surface area contributed by atoms with Crippen molar-refractivity contribution in [1.29, 1.82) is 0 Å². The van der Waals surface area contributed by atoms with E-state index in [1.54, 1.807) is 0 Å². The Bertz CT molecular complexity index is 345. The van der Waals surface area contributed by atoms with Gasteiger partial charge in [0.2, 0.25) is 0 Å². The van der Waals surface area contributed by atoms with Crippen molar-refractivity contribution in [1.82, 2.24) is 9.80 Å². The van der Waals surface area contributed by atoms with Gasteiger partial charge in [-0.15, -0.1) is 12.4 Å². The van der Waals surface area contributed by atoms with Gasteiger partial charge in [-0.05, 0) is 32.0 Å². The zero-order valence-corrected chi connectivity index (χ0v) is 12.6. The molecule has 0 saturated carbocycles. The van der Waals surface area contributed by atoms with Crippen molar-refractivity contribution >= 4 is 12.4 Å². The standard InChI is InChI=1S/C15H25N3.ClH/c1-17(11-9-16)15-8-5-10-18(13-15)12-14-6-3-2-4-7-14;/h2-4,6-7,15H,5,8-13,16H2,1H3;1H. The maximum Gasteiger partial charge on any atom is 0.0234 e. The van der Waals surface area contributed by atoms with Gasteiger partial charge in [-0.3, -0.25) is 4.90 Å². The third kappa shape index (κ3) is 5.11. The van der Waals surface area contributed by atoms with Crippen LogP contribution >= 0.6 is 12.4 Å². The molecule has 2 N–H and O–H groups in total. The van der Waals surface area contributed by atoms with Crippen LogP contribution in [0, 0.1) is 0 Å². The number of nitrogens with two attached hydrogens (primary N) is 1. The molecule has 2 rings (SSSR count). The second-order valence-electron chi connectivity index (χ2n) is 5.29. The number of hydrogen-bond donors (Lipinski definition) is 1. The lowest BCUT2D eigenvalue weighted by molar-refractivity contribution is 0.113. The van der Waals surface area contributed by atoms with Crippen molar-refractivity contribution in [3.63, 3.8) is 0 Å². The van der Waals surface area contributed by atoms with E-state index in [4.69, 9.17) is 5.73 Å². The summed E-state index contributed by atoms with van der Waals surface area (Å²) in [6, 6.07) is 11.4. The second kappa shape index (κ2) is 8.54. The van der Waals surface area contributed by atoms with Crippen molar-refractivity contribution in [3.05, 3.63) is 35.9 Å². The molecular weight excluding hydrogens is 258 g/mol. The number of hydrogen-bond acceptors (Lipinski definition) is 3. The first-order chi connectivity index (χ1) is 8.79. The molecule has 0 aliphatic carbocycles. The van der Waals surface area contributed by atoms with E-state index in [2.05, 4.69) is 47.2 Å². The third-order valence-electron chi connectivity index (χ3n) is 3.83. The van der Waals surface area contributed by atoms with Crippen LogP contribution in [0.1, 0.15) is 18.4 Å². The summed E-state index contributed by atoms with van der Waals surface area (Å²) < 4.78 is 0. The third-order valence-corrected chi connectivity index (χ3v) is 3.83. The number of piperidine rings is 1. The molecule has 0 spiro atoms. The first-order valence-corrected chi connectivity index (χ1v) is 6.96. The van der Waals surface area contributed by atoms with E-state index in [1.165, 1.54) is 31.5 Å². The van der Waals surface area contributed by atoms with Gasteiger partial charge in [0.15, 0.2) is 0 Å². The number of rotatable bonds is 5. The summed E-state index contributed by atoms with van der Waals surface area (Å²) in [6.07, 6.45) is 2.61. The minimum atomic E-state index is 0. The Morgan fingerprint density at radius 1 is 1.32 bits per heavy atom. The molecule has 1 heterocycles. The molecule has 1 aromatic carbocycles. The molecule has 0 radical (unpaired) electrons. The van der Waals surface area contributed by atoms with Crippen molar-refractivity contribution in [2.45, 2.75) is 25.4 Å². The molecule has 19 heavy (non-hydrogen) atoms. The molecule has 1 saturated heterocycles. The number of likely N-dealkylation sites (tertiary alicyclic amines) is 1. The van der Waals surface area contributed by atoms with Crippen molar-refractivity contribution in [3.8, 4) is 0 Å². The van der Waals surface area contributed by atoms with Crippen LogP contribution in [0.5, 0.6) is 0 Å². The molecule has 1 aromatic rings. The van der Waals surface area contributed by atoms with E-state index in [0.29, 0.717) is 6.04 Å². The molecule has 108 valence electrons. The van der Waals surface area contributed by atoms with Gasteiger partial charge < -0.3 is 10.6 Å². The highest BCUT2D eigenvalue weighted by molar-refractivity contribution is 5.85. The predicted molar refractivity (Wildman–Crippen MR) is 83.7 cm³/mol. The quantitative estimate of drug-likeness (QED) is 0.897. The van der Waals surface area contributed by atoms with E-state index in [9.17, 15) is 0 Å². The Labute approximate surface area is 123 Å². The van der Waals surface area contributed by atoms with Crippen LogP contribution in [0.4, 0.5) is 0 Å². The summed E-state index contributed by atoms with van der Waals surface area (Å²) in [5.41, 5.74) is 7.06. The highest BCUT2D eigenvalue weighted by atomic mass is 35.5. The summed E-state index contributed by atoms with van der Waals surface area (Å²) in [7, 11) is 2.20. The van der Waals surface area contributed by atoms with E-state index < -0.39 is 0 Å². The molecule has 3 nitrogen and oxygen atoms in total. The van der Waals surface area contributed by atoms with Crippen LogP contribution in [-0.2, 0) is 6.54 Å². The molecule has 1 unspecified atom stereocenters. The average Bonchev–Trinajstić information content (AvgIpc) is 2.40. The number of benzene rings is 1. The molecule has 1 aliphatic heterocycles. The van der Waals surface area contributed by atoms with Gasteiger partial charge in [-0.1, -0.05) is 30.3 Å². The zero-order valence-electron chi connectivity index (χ0n) is 11.8. The maximum atomic E-state index is 5.64. The Hall–Kier alpha value is -0.610. The largest absolute Gasteiger partial charge is 0.329 e. The highest BCUT2D eigenvalue weighted by Crippen LogP contribution is 2.16. The lowest BCUT2D eigenvalue weighted by Gasteiger charge is -2.37. The molecule has 1 aliphatic rings. The van der Waals surface area contributed by atoms with Crippen LogP contribution in [0.2, 0.25) is 0 Å². The molecule has 0 bridgehead atoms. The van der Waals surface area contributed by atoms with Crippen LogP contribution in [0.15, 0.2) is 30.3 Å². The minimum Gasteiger partial charge on any atom is -0.329 e. The van der Waals surface area contributed by atoms with Gasteiger partial charge >= 0.3 is 0 Å². The topological polar surface area (TPSA) is 32.5 Å². The van der Waals surface area contributed by atoms with Gasteiger partial charge in [0.05, 0.1) is 0 Å². The van der Waals surface area contributed by atoms with Gasteiger partial charge in [0.25, 0.3) is 0 Å². The molecule has 0 amide bonds. The number of halogens is 1. The number of nitrogens with zero attached hydrogens (tertiary/aromatic N) is 2. The lowest BCUT2D eigenvalue weighted by Crippen LogP contribution is -2.47. The van der Waals surface area contributed by atoms with E-state index >= 15 is 0 Å². The summed E-state index contributed by atoms with van der Waals surface area (Å²) >= 11 is 0. The van der Waals surface area contributed by atoms with Crippen molar-refractivity contribution < 1.29 is 0 Å². The van der Waals surface area contributed by atoms with Gasteiger partial charge in [-0.25, -0.2) is 0 Å². The fourth-order valence-corrected chi connectivity index (χ4v) is 2.76. The van der Waals surface area contributed by atoms with Gasteiger partial charge in [0.1, 0.15) is 0 Å². The maximum absolute atomic E-state index is 5.64. The molecule has 4 heteroatoms. The summed E-state index contributed by atoms with van der Waals surface area (Å²) in [6.45, 7) is 5.23. The van der Waals surface area contributed by atoms with Crippen molar-refractivity contribution in [2.75, 3.05) is 33.2 Å². The average molecular weight is 284 g/mol. The van der Waals surface area contributed by atoms with Crippen LogP contribution in [0.3, 0.4) is 0 Å².